The van der Waals surface area contributed by atoms with Gasteiger partial charge in [-0.25, -0.2) is 0 Å². The fraction of sp³-hybridized carbons (Fsp3) is 0. The molecule has 210 valence electrons. The second-order valence-electron chi connectivity index (χ2n) is 11.7. The van der Waals surface area contributed by atoms with Gasteiger partial charge in [0.2, 0.25) is 0 Å². The van der Waals surface area contributed by atoms with Gasteiger partial charge in [0.1, 0.15) is 0 Å². The first kappa shape index (κ1) is 24.8. The third-order valence-corrected chi connectivity index (χ3v) is 10.6. The highest BCUT2D eigenvalue weighted by atomic mass is 32.1. The summed E-state index contributed by atoms with van der Waals surface area (Å²) in [5.41, 5.74) is 9.85. The standard InChI is InChI=1S/C42H26N2S/c1-6-21-35-27(13-1)28-14-2-7-22-36(28)43(35)39-25-10-5-17-31(39)32-18-11-19-33-34-20-12-26-40(42(34)45-41(32)33)44-37-23-8-3-15-29(37)30-16-4-9-24-38(30)44/h1-26H. The SMILES string of the molecule is c1ccc(-n2c3ccccc3c3ccccc32)c(-c2cccc3c2sc2c(-n4c5ccccc5c5ccccc54)cccc23)c1. The largest absolute Gasteiger partial charge is 0.309 e. The molecule has 0 aliphatic rings. The van der Waals surface area contributed by atoms with Gasteiger partial charge in [-0.2, -0.15) is 0 Å². The second-order valence-corrected chi connectivity index (χ2v) is 12.7. The van der Waals surface area contributed by atoms with Crippen molar-refractivity contribution in [1.82, 2.24) is 9.13 Å². The third-order valence-electron chi connectivity index (χ3n) is 9.34. The summed E-state index contributed by atoms with van der Waals surface area (Å²) in [5, 5.41) is 7.72. The van der Waals surface area contributed by atoms with E-state index in [0.29, 0.717) is 0 Å². The first-order valence-corrected chi connectivity index (χ1v) is 16.2. The molecule has 10 rings (SSSR count). The number of benzene rings is 7. The number of aromatic nitrogens is 2. The highest BCUT2D eigenvalue weighted by Crippen LogP contribution is 2.45. The van der Waals surface area contributed by atoms with Crippen LogP contribution in [0.25, 0.3) is 86.3 Å². The van der Waals surface area contributed by atoms with E-state index in [1.54, 1.807) is 0 Å². The Labute approximate surface area is 263 Å². The van der Waals surface area contributed by atoms with Gasteiger partial charge in [-0.15, -0.1) is 11.3 Å². The van der Waals surface area contributed by atoms with Gasteiger partial charge in [0, 0.05) is 48.1 Å². The lowest BCUT2D eigenvalue weighted by atomic mass is 10.0. The van der Waals surface area contributed by atoms with E-state index in [1.807, 2.05) is 11.3 Å². The van der Waals surface area contributed by atoms with Crippen LogP contribution in [-0.2, 0) is 0 Å². The highest BCUT2D eigenvalue weighted by molar-refractivity contribution is 7.26. The van der Waals surface area contributed by atoms with Crippen molar-refractivity contribution in [1.29, 1.82) is 0 Å². The van der Waals surface area contributed by atoms with E-state index in [4.69, 9.17) is 0 Å². The van der Waals surface area contributed by atoms with Crippen LogP contribution in [0.4, 0.5) is 0 Å². The summed E-state index contributed by atoms with van der Waals surface area (Å²) in [7, 11) is 0. The lowest BCUT2D eigenvalue weighted by molar-refractivity contribution is 1.18. The number of para-hydroxylation sites is 5. The Morgan fingerprint density at radius 1 is 0.289 bits per heavy atom. The van der Waals surface area contributed by atoms with Crippen LogP contribution in [0.2, 0.25) is 0 Å². The predicted molar refractivity (Wildman–Crippen MR) is 193 cm³/mol. The Balaban J connectivity index is 1.27. The van der Waals surface area contributed by atoms with Crippen molar-refractivity contribution in [3.05, 3.63) is 158 Å². The fourth-order valence-corrected chi connectivity index (χ4v) is 8.79. The molecule has 0 amide bonds. The van der Waals surface area contributed by atoms with E-state index in [1.165, 1.54) is 86.3 Å². The second kappa shape index (κ2) is 9.43. The molecule has 0 unspecified atom stereocenters. The Kier molecular flexibility index (Phi) is 5.19. The summed E-state index contributed by atoms with van der Waals surface area (Å²) in [6, 6.07) is 57.5. The minimum atomic E-state index is 1.20. The zero-order chi connectivity index (χ0) is 29.5. The summed E-state index contributed by atoms with van der Waals surface area (Å²) in [6.45, 7) is 0. The van der Waals surface area contributed by atoms with Crippen LogP contribution in [0.1, 0.15) is 0 Å². The van der Waals surface area contributed by atoms with Crippen LogP contribution in [0, 0.1) is 0 Å². The Morgan fingerprint density at radius 2 is 0.667 bits per heavy atom. The molecular weight excluding hydrogens is 565 g/mol. The molecule has 2 nitrogen and oxygen atoms in total. The quantitative estimate of drug-likeness (QED) is 0.194. The molecule has 0 radical (unpaired) electrons. The molecule has 0 aliphatic carbocycles. The van der Waals surface area contributed by atoms with E-state index in [0.717, 1.165) is 0 Å². The molecule has 7 aromatic carbocycles. The molecule has 0 aliphatic heterocycles. The molecule has 45 heavy (non-hydrogen) atoms. The molecule has 0 saturated carbocycles. The van der Waals surface area contributed by atoms with Crippen molar-refractivity contribution in [3.63, 3.8) is 0 Å². The molecule has 0 atom stereocenters. The molecule has 3 heterocycles. The normalized spacial score (nSPS) is 12.0. The highest BCUT2D eigenvalue weighted by Gasteiger charge is 2.20. The molecule has 3 heteroatoms. The van der Waals surface area contributed by atoms with Gasteiger partial charge in [-0.3, -0.25) is 0 Å². The van der Waals surface area contributed by atoms with Crippen molar-refractivity contribution < 1.29 is 0 Å². The van der Waals surface area contributed by atoms with Crippen molar-refractivity contribution in [2.75, 3.05) is 0 Å². The molecule has 0 saturated heterocycles. The van der Waals surface area contributed by atoms with Crippen molar-refractivity contribution in [3.8, 4) is 22.5 Å². The lowest BCUT2D eigenvalue weighted by Crippen LogP contribution is -1.97. The number of fused-ring (bicyclic) bond motifs is 9. The number of rotatable bonds is 3. The van der Waals surface area contributed by atoms with Crippen molar-refractivity contribution in [2.45, 2.75) is 0 Å². The average molecular weight is 591 g/mol. The maximum Gasteiger partial charge on any atom is 0.0640 e. The van der Waals surface area contributed by atoms with Gasteiger partial charge in [0.05, 0.1) is 38.1 Å². The Bertz CT molecular complexity index is 2670. The molecule has 0 fully saturated rings. The third kappa shape index (κ3) is 3.44. The number of nitrogens with zero attached hydrogens (tertiary/aromatic N) is 2. The first-order chi connectivity index (χ1) is 22.4. The maximum atomic E-state index is 2.45. The van der Waals surface area contributed by atoms with Gasteiger partial charge in [0.25, 0.3) is 0 Å². The van der Waals surface area contributed by atoms with Crippen LogP contribution in [0.15, 0.2) is 158 Å². The molecule has 3 aromatic heterocycles. The maximum absolute atomic E-state index is 2.45. The zero-order valence-electron chi connectivity index (χ0n) is 24.3. The van der Waals surface area contributed by atoms with Crippen molar-refractivity contribution >= 4 is 75.1 Å². The smallest absolute Gasteiger partial charge is 0.0640 e. The number of hydrogen-bond acceptors (Lipinski definition) is 1. The number of thiophene rings is 1. The topological polar surface area (TPSA) is 9.86 Å². The van der Waals surface area contributed by atoms with Gasteiger partial charge >= 0.3 is 0 Å². The summed E-state index contributed by atoms with van der Waals surface area (Å²) in [5.74, 6) is 0. The monoisotopic (exact) mass is 590 g/mol. The molecule has 10 aromatic rings. The minimum Gasteiger partial charge on any atom is -0.309 e. The zero-order valence-corrected chi connectivity index (χ0v) is 25.1. The van der Waals surface area contributed by atoms with Crippen molar-refractivity contribution in [2.24, 2.45) is 0 Å². The van der Waals surface area contributed by atoms with E-state index >= 15 is 0 Å². The molecular formula is C42H26N2S. The molecule has 0 spiro atoms. The summed E-state index contributed by atoms with van der Waals surface area (Å²) >= 11 is 1.91. The van der Waals surface area contributed by atoms with E-state index in [2.05, 4.69) is 167 Å². The van der Waals surface area contributed by atoms with Gasteiger partial charge in [-0.05, 0) is 36.4 Å². The number of hydrogen-bond donors (Lipinski definition) is 0. The predicted octanol–water partition coefficient (Wildman–Crippen LogP) is 11.9. The van der Waals surface area contributed by atoms with Crippen LogP contribution < -0.4 is 0 Å². The lowest BCUT2D eigenvalue weighted by Gasteiger charge is -2.14. The van der Waals surface area contributed by atoms with Crippen LogP contribution in [0.3, 0.4) is 0 Å². The fourth-order valence-electron chi connectivity index (χ4n) is 7.45. The van der Waals surface area contributed by atoms with Gasteiger partial charge in [0.15, 0.2) is 0 Å². The average Bonchev–Trinajstić information content (AvgIpc) is 3.76. The summed E-state index contributed by atoms with van der Waals surface area (Å²) < 4.78 is 7.51. The first-order valence-electron chi connectivity index (χ1n) is 15.4. The Morgan fingerprint density at radius 3 is 1.24 bits per heavy atom. The van der Waals surface area contributed by atoms with Crippen LogP contribution in [0.5, 0.6) is 0 Å². The van der Waals surface area contributed by atoms with Crippen LogP contribution >= 0.6 is 11.3 Å². The van der Waals surface area contributed by atoms with E-state index in [-0.39, 0.29) is 0 Å². The summed E-state index contributed by atoms with van der Waals surface area (Å²) in [6.07, 6.45) is 0. The van der Waals surface area contributed by atoms with Crippen LogP contribution in [-0.4, -0.2) is 9.13 Å². The summed E-state index contributed by atoms with van der Waals surface area (Å²) in [4.78, 5) is 0. The Hall–Kier alpha value is -5.64. The van der Waals surface area contributed by atoms with Gasteiger partial charge in [-0.1, -0.05) is 121 Å². The van der Waals surface area contributed by atoms with E-state index in [9.17, 15) is 0 Å². The van der Waals surface area contributed by atoms with Gasteiger partial charge < -0.3 is 9.13 Å². The molecule has 0 N–H and O–H groups in total. The minimum absolute atomic E-state index is 1.20. The molecule has 0 bridgehead atoms. The van der Waals surface area contributed by atoms with E-state index < -0.39 is 0 Å².